The summed E-state index contributed by atoms with van der Waals surface area (Å²) in [5.41, 5.74) is 5.11. The summed E-state index contributed by atoms with van der Waals surface area (Å²) in [6.45, 7) is 0. The Bertz CT molecular complexity index is 879. The maximum atomic E-state index is 12.8. The first-order valence-corrected chi connectivity index (χ1v) is 9.27. The lowest BCUT2D eigenvalue weighted by molar-refractivity contribution is -0.0744. The van der Waals surface area contributed by atoms with E-state index in [4.69, 9.17) is 5.73 Å². The number of hydrogen-bond acceptors (Lipinski definition) is 6. The molecule has 27 heavy (non-hydrogen) atoms. The highest BCUT2D eigenvalue weighted by Crippen LogP contribution is 2.60. The zero-order valence-corrected chi connectivity index (χ0v) is 14.8. The van der Waals surface area contributed by atoms with E-state index in [0.717, 1.165) is 32.1 Å². The Morgan fingerprint density at radius 1 is 1.11 bits per heavy atom. The van der Waals surface area contributed by atoms with Crippen molar-refractivity contribution in [2.75, 3.05) is 0 Å². The molecule has 4 saturated carbocycles. The molecule has 2 amide bonds. The van der Waals surface area contributed by atoms with E-state index in [1.165, 1.54) is 18.8 Å². The van der Waals surface area contributed by atoms with Crippen molar-refractivity contribution >= 4 is 11.8 Å². The third kappa shape index (κ3) is 2.60. The Hall–Kier alpha value is -2.84. The molecule has 2 heterocycles. The lowest BCUT2D eigenvalue weighted by atomic mass is 9.50. The molecule has 9 heteroatoms. The van der Waals surface area contributed by atoms with Crippen LogP contribution in [0.25, 0.3) is 0 Å². The van der Waals surface area contributed by atoms with Crippen LogP contribution in [0.3, 0.4) is 0 Å². The maximum Gasteiger partial charge on any atom is 0.271 e. The summed E-state index contributed by atoms with van der Waals surface area (Å²) in [6.07, 6.45) is 12.2. The van der Waals surface area contributed by atoms with E-state index in [-0.39, 0.29) is 28.4 Å². The molecule has 4 bridgehead atoms. The first-order valence-electron chi connectivity index (χ1n) is 9.27. The van der Waals surface area contributed by atoms with Gasteiger partial charge in [-0.2, -0.15) is 5.10 Å². The minimum absolute atomic E-state index is 0.0477. The average molecular weight is 367 g/mol. The van der Waals surface area contributed by atoms with Crippen molar-refractivity contribution in [1.29, 1.82) is 0 Å². The molecule has 6 rings (SSSR count). The molecule has 4 fully saturated rings. The van der Waals surface area contributed by atoms with Crippen LogP contribution in [0.15, 0.2) is 25.0 Å². The van der Waals surface area contributed by atoms with Crippen molar-refractivity contribution in [3.63, 3.8) is 0 Å². The second-order valence-corrected chi connectivity index (χ2v) is 8.41. The van der Waals surface area contributed by atoms with Crippen molar-refractivity contribution in [3.05, 3.63) is 36.4 Å². The van der Waals surface area contributed by atoms with Gasteiger partial charge >= 0.3 is 0 Å². The number of nitrogens with zero attached hydrogens (tertiary/aromatic N) is 5. The predicted octanol–water partition coefficient (Wildman–Crippen LogP) is 0.645. The number of rotatable bonds is 4. The van der Waals surface area contributed by atoms with Gasteiger partial charge in [0.1, 0.15) is 24.0 Å². The van der Waals surface area contributed by atoms with Gasteiger partial charge in [0.05, 0.1) is 17.9 Å². The van der Waals surface area contributed by atoms with Crippen molar-refractivity contribution in [1.82, 2.24) is 30.0 Å². The Morgan fingerprint density at radius 3 is 2.41 bits per heavy atom. The summed E-state index contributed by atoms with van der Waals surface area (Å²) in [7, 11) is 0. The highest BCUT2D eigenvalue weighted by molar-refractivity contribution is 5.94. The molecule has 2 atom stereocenters. The van der Waals surface area contributed by atoms with Gasteiger partial charge in [-0.05, 0) is 50.4 Å². The Balaban J connectivity index is 1.41. The number of carbonyl (C=O) groups is 2. The summed E-state index contributed by atoms with van der Waals surface area (Å²) < 4.78 is 2.01. The Kier molecular flexibility index (Phi) is 3.38. The maximum absolute atomic E-state index is 12.8. The smallest absolute Gasteiger partial charge is 0.271 e. The quantitative estimate of drug-likeness (QED) is 0.816. The van der Waals surface area contributed by atoms with Crippen LogP contribution in [0.1, 0.15) is 59.5 Å². The van der Waals surface area contributed by atoms with Crippen molar-refractivity contribution in [2.45, 2.75) is 49.6 Å². The SMILES string of the molecule is NC(=O)c1cnc(C(=O)NC23CC4CC(C2)CC(n2cncn2)(C4)C3)cn1. The predicted molar refractivity (Wildman–Crippen MR) is 93.4 cm³/mol. The first-order chi connectivity index (χ1) is 13.0. The van der Waals surface area contributed by atoms with Crippen molar-refractivity contribution < 1.29 is 9.59 Å². The standard InChI is InChI=1S/C18H21N7O2/c19-15(26)13-6-22-14(7-21-13)16(27)24-17-2-11-1-12(3-17)5-18(4-11,8-17)25-10-20-9-23-25/h6-7,9-12H,1-5,8H2,(H2,19,26)(H,24,27). The summed E-state index contributed by atoms with van der Waals surface area (Å²) in [6, 6.07) is 0. The zero-order valence-electron chi connectivity index (χ0n) is 14.8. The topological polar surface area (TPSA) is 129 Å². The van der Waals surface area contributed by atoms with Crippen LogP contribution in [0.2, 0.25) is 0 Å². The third-order valence-electron chi connectivity index (χ3n) is 6.45. The van der Waals surface area contributed by atoms with Crippen LogP contribution in [-0.2, 0) is 5.54 Å². The third-order valence-corrected chi connectivity index (χ3v) is 6.45. The molecule has 4 aliphatic rings. The lowest BCUT2D eigenvalue weighted by Crippen LogP contribution is -2.66. The number of amides is 2. The molecule has 140 valence electrons. The minimum Gasteiger partial charge on any atom is -0.364 e. The van der Waals surface area contributed by atoms with Gasteiger partial charge in [-0.3, -0.25) is 9.59 Å². The zero-order chi connectivity index (χ0) is 18.6. The van der Waals surface area contributed by atoms with E-state index < -0.39 is 5.91 Å². The number of primary amides is 1. The minimum atomic E-state index is -0.662. The normalized spacial score (nSPS) is 33.8. The van der Waals surface area contributed by atoms with Gasteiger partial charge in [0.25, 0.3) is 11.8 Å². The highest BCUT2D eigenvalue weighted by atomic mass is 16.2. The monoisotopic (exact) mass is 367 g/mol. The molecule has 9 nitrogen and oxygen atoms in total. The average Bonchev–Trinajstić information content (AvgIpc) is 3.16. The van der Waals surface area contributed by atoms with Crippen LogP contribution in [0.5, 0.6) is 0 Å². The Morgan fingerprint density at radius 2 is 1.81 bits per heavy atom. The fraction of sp³-hybridized carbons (Fsp3) is 0.556. The van der Waals surface area contributed by atoms with E-state index >= 15 is 0 Å². The molecule has 0 radical (unpaired) electrons. The van der Waals surface area contributed by atoms with Gasteiger partial charge in [-0.25, -0.2) is 19.6 Å². The van der Waals surface area contributed by atoms with Gasteiger partial charge in [0.15, 0.2) is 0 Å². The largest absolute Gasteiger partial charge is 0.364 e. The fourth-order valence-electron chi connectivity index (χ4n) is 5.96. The second kappa shape index (κ2) is 5.58. The molecule has 0 saturated heterocycles. The van der Waals surface area contributed by atoms with E-state index in [2.05, 4.69) is 25.4 Å². The summed E-state index contributed by atoms with van der Waals surface area (Å²) >= 11 is 0. The molecule has 0 aliphatic heterocycles. The van der Waals surface area contributed by atoms with E-state index in [9.17, 15) is 9.59 Å². The number of nitrogens with two attached hydrogens (primary N) is 1. The highest BCUT2D eigenvalue weighted by Gasteiger charge is 2.59. The number of carbonyl (C=O) groups excluding carboxylic acids is 2. The van der Waals surface area contributed by atoms with Gasteiger partial charge in [-0.1, -0.05) is 0 Å². The fourth-order valence-corrected chi connectivity index (χ4v) is 5.96. The molecule has 2 aromatic heterocycles. The van der Waals surface area contributed by atoms with Crippen molar-refractivity contribution in [2.24, 2.45) is 17.6 Å². The van der Waals surface area contributed by atoms with Crippen LogP contribution < -0.4 is 11.1 Å². The molecule has 0 spiro atoms. The van der Waals surface area contributed by atoms with Crippen LogP contribution >= 0.6 is 0 Å². The van der Waals surface area contributed by atoms with Gasteiger partial charge in [0, 0.05) is 5.54 Å². The van der Waals surface area contributed by atoms with Gasteiger partial charge < -0.3 is 11.1 Å². The molecular formula is C18H21N7O2. The van der Waals surface area contributed by atoms with Crippen LogP contribution in [-0.4, -0.2) is 42.1 Å². The van der Waals surface area contributed by atoms with Crippen LogP contribution in [0, 0.1) is 11.8 Å². The number of nitrogens with one attached hydrogen (secondary N) is 1. The van der Waals surface area contributed by atoms with E-state index in [0.29, 0.717) is 11.8 Å². The van der Waals surface area contributed by atoms with Gasteiger partial charge in [0.2, 0.25) is 0 Å². The summed E-state index contributed by atoms with van der Waals surface area (Å²) in [5.74, 6) is 0.248. The molecule has 2 unspecified atom stereocenters. The number of aromatic nitrogens is 5. The Labute approximate surface area is 155 Å². The second-order valence-electron chi connectivity index (χ2n) is 8.41. The molecule has 4 aliphatic carbocycles. The lowest BCUT2D eigenvalue weighted by Gasteiger charge is -2.61. The van der Waals surface area contributed by atoms with E-state index in [1.54, 1.807) is 12.7 Å². The molecule has 3 N–H and O–H groups in total. The van der Waals surface area contributed by atoms with E-state index in [1.807, 2.05) is 4.68 Å². The summed E-state index contributed by atoms with van der Waals surface area (Å²) in [4.78, 5) is 36.1. The van der Waals surface area contributed by atoms with Crippen LogP contribution in [0.4, 0.5) is 0 Å². The molecule has 0 aromatic carbocycles. The van der Waals surface area contributed by atoms with Gasteiger partial charge in [-0.15, -0.1) is 0 Å². The molecule has 2 aromatic rings. The first kappa shape index (κ1) is 16.3. The molecular weight excluding hydrogens is 346 g/mol. The van der Waals surface area contributed by atoms with Crippen molar-refractivity contribution in [3.8, 4) is 0 Å². The summed E-state index contributed by atoms with van der Waals surface area (Å²) in [5, 5.41) is 7.68. The number of hydrogen-bond donors (Lipinski definition) is 2.